The second-order valence-corrected chi connectivity index (χ2v) is 5.27. The van der Waals surface area contributed by atoms with Crippen molar-refractivity contribution in [3.05, 3.63) is 17.7 Å². The lowest BCUT2D eigenvalue weighted by Gasteiger charge is -2.23. The van der Waals surface area contributed by atoms with Crippen molar-refractivity contribution in [2.24, 2.45) is 5.92 Å². The lowest BCUT2D eigenvalue weighted by atomic mass is 9.95. The summed E-state index contributed by atoms with van der Waals surface area (Å²) in [6, 6.07) is 4.32. The number of hydrogen-bond acceptors (Lipinski definition) is 4. The van der Waals surface area contributed by atoms with Crippen LogP contribution in [0.1, 0.15) is 39.2 Å². The first-order valence-corrected chi connectivity index (χ1v) is 7.63. The minimum absolute atomic E-state index is 0.470. The maximum absolute atomic E-state index is 5.46. The van der Waals surface area contributed by atoms with Gasteiger partial charge in [-0.05, 0) is 18.9 Å². The number of methoxy groups -OCH3 is 3. The molecule has 0 bridgehead atoms. The van der Waals surface area contributed by atoms with E-state index in [0.29, 0.717) is 17.7 Å². The fraction of sp³-hybridized carbons (Fsp3) is 0.647. The molecule has 0 radical (unpaired) electrons. The number of nitrogens with one attached hydrogen (secondary N) is 1. The first-order valence-electron chi connectivity index (χ1n) is 7.63. The van der Waals surface area contributed by atoms with Crippen LogP contribution in [0.2, 0.25) is 0 Å². The van der Waals surface area contributed by atoms with E-state index in [1.807, 2.05) is 12.1 Å². The van der Waals surface area contributed by atoms with Gasteiger partial charge in [0.05, 0.1) is 21.3 Å². The summed E-state index contributed by atoms with van der Waals surface area (Å²) in [5.74, 6) is 2.92. The average Bonchev–Trinajstić information content (AvgIpc) is 2.52. The van der Waals surface area contributed by atoms with Crippen LogP contribution in [-0.2, 0) is 6.54 Å². The molecule has 0 aliphatic rings. The summed E-state index contributed by atoms with van der Waals surface area (Å²) < 4.78 is 16.1. The highest BCUT2D eigenvalue weighted by molar-refractivity contribution is 5.50. The largest absolute Gasteiger partial charge is 0.496 e. The van der Waals surface area contributed by atoms with Gasteiger partial charge in [0.25, 0.3) is 0 Å². The molecule has 0 heterocycles. The summed E-state index contributed by atoms with van der Waals surface area (Å²) in [5.41, 5.74) is 1.08. The van der Waals surface area contributed by atoms with E-state index in [0.717, 1.165) is 23.6 Å². The first-order chi connectivity index (χ1) is 10.1. The second-order valence-electron chi connectivity index (χ2n) is 5.27. The zero-order chi connectivity index (χ0) is 15.8. The molecule has 1 atom stereocenters. The summed E-state index contributed by atoms with van der Waals surface area (Å²) in [7, 11) is 4.95. The number of ether oxygens (including phenoxy) is 3. The Labute approximate surface area is 128 Å². The molecule has 1 N–H and O–H groups in total. The Hall–Kier alpha value is -1.42. The van der Waals surface area contributed by atoms with E-state index >= 15 is 0 Å². The zero-order valence-electron chi connectivity index (χ0n) is 14.2. The average molecular weight is 295 g/mol. The molecule has 0 amide bonds. The van der Waals surface area contributed by atoms with Gasteiger partial charge in [-0.25, -0.2) is 0 Å². The van der Waals surface area contributed by atoms with E-state index in [1.54, 1.807) is 21.3 Å². The van der Waals surface area contributed by atoms with Crippen LogP contribution in [0.25, 0.3) is 0 Å². The van der Waals surface area contributed by atoms with Gasteiger partial charge >= 0.3 is 0 Å². The minimum Gasteiger partial charge on any atom is -0.496 e. The van der Waals surface area contributed by atoms with Gasteiger partial charge in [-0.2, -0.15) is 0 Å². The Morgan fingerprint density at radius 3 is 1.90 bits per heavy atom. The Bertz CT molecular complexity index is 430. The molecule has 0 saturated heterocycles. The highest BCUT2D eigenvalue weighted by Gasteiger charge is 2.15. The Kier molecular flexibility index (Phi) is 7.37. The third-order valence-electron chi connectivity index (χ3n) is 4.16. The van der Waals surface area contributed by atoms with Crippen molar-refractivity contribution in [2.45, 2.75) is 46.2 Å². The first kappa shape index (κ1) is 17.6. The highest BCUT2D eigenvalue weighted by Crippen LogP contribution is 2.34. The standard InChI is InChI=1S/C17H29NO3/c1-7-13(8-2)12(3)18-11-14-9-16(20-5)17(21-6)10-15(14)19-4/h9-10,12-13,18H,7-8,11H2,1-6H3. The van der Waals surface area contributed by atoms with Crippen molar-refractivity contribution >= 4 is 0 Å². The Morgan fingerprint density at radius 1 is 0.905 bits per heavy atom. The fourth-order valence-electron chi connectivity index (χ4n) is 2.66. The third kappa shape index (κ3) is 4.53. The third-order valence-corrected chi connectivity index (χ3v) is 4.16. The van der Waals surface area contributed by atoms with Crippen molar-refractivity contribution in [1.29, 1.82) is 0 Å². The van der Waals surface area contributed by atoms with Crippen LogP contribution < -0.4 is 19.5 Å². The lowest BCUT2D eigenvalue weighted by molar-refractivity contribution is 0.339. The van der Waals surface area contributed by atoms with Crippen LogP contribution in [-0.4, -0.2) is 27.4 Å². The van der Waals surface area contributed by atoms with Crippen LogP contribution in [0.15, 0.2) is 12.1 Å². The molecule has 1 unspecified atom stereocenters. The van der Waals surface area contributed by atoms with Crippen molar-refractivity contribution < 1.29 is 14.2 Å². The van der Waals surface area contributed by atoms with Gasteiger partial charge in [-0.1, -0.05) is 26.7 Å². The van der Waals surface area contributed by atoms with E-state index in [2.05, 4.69) is 26.1 Å². The second kappa shape index (κ2) is 8.78. The van der Waals surface area contributed by atoms with Crippen molar-refractivity contribution in [3.63, 3.8) is 0 Å². The predicted molar refractivity (Wildman–Crippen MR) is 86.5 cm³/mol. The molecule has 1 aromatic carbocycles. The normalized spacial score (nSPS) is 12.3. The van der Waals surface area contributed by atoms with Crippen LogP contribution >= 0.6 is 0 Å². The number of rotatable bonds is 9. The van der Waals surface area contributed by atoms with Crippen LogP contribution in [0.5, 0.6) is 17.2 Å². The fourth-order valence-corrected chi connectivity index (χ4v) is 2.66. The summed E-state index contributed by atoms with van der Waals surface area (Å²) in [6.07, 6.45) is 2.38. The smallest absolute Gasteiger partial charge is 0.164 e. The van der Waals surface area contributed by atoms with Gasteiger partial charge in [-0.3, -0.25) is 0 Å². The lowest BCUT2D eigenvalue weighted by Crippen LogP contribution is -2.32. The summed E-state index contributed by atoms with van der Waals surface area (Å²) >= 11 is 0. The molecular weight excluding hydrogens is 266 g/mol. The zero-order valence-corrected chi connectivity index (χ0v) is 14.2. The van der Waals surface area contributed by atoms with Gasteiger partial charge in [0.2, 0.25) is 0 Å². The molecular formula is C17H29NO3. The molecule has 1 rings (SSSR count). The molecule has 0 spiro atoms. The van der Waals surface area contributed by atoms with Gasteiger partial charge in [0.15, 0.2) is 11.5 Å². The summed E-state index contributed by atoms with van der Waals surface area (Å²) in [4.78, 5) is 0. The van der Waals surface area contributed by atoms with Gasteiger partial charge in [-0.15, -0.1) is 0 Å². The van der Waals surface area contributed by atoms with Gasteiger partial charge < -0.3 is 19.5 Å². The maximum Gasteiger partial charge on any atom is 0.164 e. The molecule has 0 saturated carbocycles. The quantitative estimate of drug-likeness (QED) is 0.755. The number of benzene rings is 1. The van der Waals surface area contributed by atoms with Crippen molar-refractivity contribution in [2.75, 3.05) is 21.3 Å². The summed E-state index contributed by atoms with van der Waals surface area (Å²) in [6.45, 7) is 7.47. The predicted octanol–water partition coefficient (Wildman–Crippen LogP) is 3.63. The molecule has 0 aliphatic carbocycles. The highest BCUT2D eigenvalue weighted by atomic mass is 16.5. The molecule has 0 aliphatic heterocycles. The monoisotopic (exact) mass is 295 g/mol. The minimum atomic E-state index is 0.470. The molecule has 21 heavy (non-hydrogen) atoms. The van der Waals surface area contributed by atoms with Crippen LogP contribution in [0.3, 0.4) is 0 Å². The van der Waals surface area contributed by atoms with E-state index in [1.165, 1.54) is 12.8 Å². The Balaban J connectivity index is 2.87. The van der Waals surface area contributed by atoms with E-state index in [4.69, 9.17) is 14.2 Å². The maximum atomic E-state index is 5.46. The molecule has 0 aromatic heterocycles. The molecule has 0 fully saturated rings. The molecule has 4 heteroatoms. The van der Waals surface area contributed by atoms with Gasteiger partial charge in [0.1, 0.15) is 5.75 Å². The van der Waals surface area contributed by atoms with E-state index < -0.39 is 0 Å². The van der Waals surface area contributed by atoms with Crippen molar-refractivity contribution in [3.8, 4) is 17.2 Å². The number of hydrogen-bond donors (Lipinski definition) is 1. The van der Waals surface area contributed by atoms with Crippen LogP contribution in [0.4, 0.5) is 0 Å². The topological polar surface area (TPSA) is 39.7 Å². The van der Waals surface area contributed by atoms with Crippen molar-refractivity contribution in [1.82, 2.24) is 5.32 Å². The Morgan fingerprint density at radius 2 is 1.43 bits per heavy atom. The molecule has 120 valence electrons. The molecule has 4 nitrogen and oxygen atoms in total. The summed E-state index contributed by atoms with van der Waals surface area (Å²) in [5, 5.41) is 3.59. The SMILES string of the molecule is CCC(CC)C(C)NCc1cc(OC)c(OC)cc1OC. The van der Waals surface area contributed by atoms with Crippen LogP contribution in [0, 0.1) is 5.92 Å². The molecule has 1 aromatic rings. The van der Waals surface area contributed by atoms with E-state index in [9.17, 15) is 0 Å². The van der Waals surface area contributed by atoms with E-state index in [-0.39, 0.29) is 0 Å². The van der Waals surface area contributed by atoms with Gasteiger partial charge in [0, 0.05) is 24.2 Å².